The van der Waals surface area contributed by atoms with Crippen molar-refractivity contribution in [3.8, 4) is 11.4 Å². The van der Waals surface area contributed by atoms with E-state index in [1.807, 2.05) is 19.1 Å². The molecule has 4 rings (SSSR count). The number of benzene rings is 1. The molecule has 0 aliphatic rings. The van der Waals surface area contributed by atoms with Gasteiger partial charge in [-0.3, -0.25) is 9.20 Å². The Labute approximate surface area is 171 Å². The van der Waals surface area contributed by atoms with Gasteiger partial charge in [-0.25, -0.2) is 9.97 Å². The summed E-state index contributed by atoms with van der Waals surface area (Å²) in [5, 5.41) is 15.6. The molecule has 0 aliphatic heterocycles. The van der Waals surface area contributed by atoms with Crippen molar-refractivity contribution >= 4 is 17.2 Å². The Balaban J connectivity index is 1.56. The molecule has 0 radical (unpaired) electrons. The van der Waals surface area contributed by atoms with E-state index in [-0.39, 0.29) is 25.7 Å². The van der Waals surface area contributed by atoms with Crippen LogP contribution in [0.5, 0.6) is 0 Å². The monoisotopic (exact) mass is 408 g/mol. The number of aromatic nitrogens is 5. The van der Waals surface area contributed by atoms with E-state index < -0.39 is 0 Å². The fourth-order valence-corrected chi connectivity index (χ4v) is 2.91. The maximum Gasteiger partial charge on any atom is 0.274 e. The van der Waals surface area contributed by atoms with Gasteiger partial charge in [0, 0.05) is 24.2 Å². The van der Waals surface area contributed by atoms with E-state index in [0.717, 1.165) is 11.1 Å². The average molecular weight is 408 g/mol. The van der Waals surface area contributed by atoms with Crippen molar-refractivity contribution < 1.29 is 19.2 Å². The number of hydrogen-bond acceptors (Lipinski definition) is 8. The lowest BCUT2D eigenvalue weighted by Crippen LogP contribution is -2.15. The van der Waals surface area contributed by atoms with Gasteiger partial charge < -0.3 is 19.7 Å². The third-order valence-corrected chi connectivity index (χ3v) is 4.45. The molecule has 4 aromatic rings. The Bertz CT molecular complexity index is 1200. The van der Waals surface area contributed by atoms with Crippen molar-refractivity contribution in [3.05, 3.63) is 59.6 Å². The third kappa shape index (κ3) is 4.04. The number of ether oxygens (including phenoxy) is 1. The molecule has 2 N–H and O–H groups in total. The van der Waals surface area contributed by atoms with Crippen LogP contribution in [0.1, 0.15) is 27.6 Å². The minimum atomic E-state index is -0.321. The van der Waals surface area contributed by atoms with Gasteiger partial charge >= 0.3 is 0 Å². The van der Waals surface area contributed by atoms with Crippen molar-refractivity contribution in [3.63, 3.8) is 0 Å². The Morgan fingerprint density at radius 3 is 2.90 bits per heavy atom. The summed E-state index contributed by atoms with van der Waals surface area (Å²) in [6.45, 7) is 4.05. The summed E-state index contributed by atoms with van der Waals surface area (Å²) in [4.78, 5) is 25.7. The van der Waals surface area contributed by atoms with Crippen LogP contribution >= 0.6 is 0 Å². The van der Waals surface area contributed by atoms with Crippen LogP contribution in [0.3, 0.4) is 0 Å². The lowest BCUT2D eigenvalue weighted by Gasteiger charge is -2.09. The van der Waals surface area contributed by atoms with Gasteiger partial charge in [-0.05, 0) is 18.6 Å². The Hall–Kier alpha value is -3.63. The summed E-state index contributed by atoms with van der Waals surface area (Å²) >= 11 is 0. The number of carbonyl (C=O) groups excluding carboxylic acids is 1. The molecule has 0 spiro atoms. The van der Waals surface area contributed by atoms with E-state index in [1.54, 1.807) is 23.5 Å². The largest absolute Gasteiger partial charge is 0.394 e. The number of carbonyl (C=O) groups is 1. The SMILES string of the molecule is Cc1nc(-c2ccc(C)c(NC(=O)c3cnc4cc(COCCO)ncn34)c2)no1. The van der Waals surface area contributed by atoms with Crippen molar-refractivity contribution in [1.29, 1.82) is 0 Å². The van der Waals surface area contributed by atoms with Crippen LogP contribution in [-0.4, -0.2) is 48.7 Å². The Morgan fingerprint density at radius 2 is 2.13 bits per heavy atom. The molecule has 30 heavy (non-hydrogen) atoms. The van der Waals surface area contributed by atoms with Crippen LogP contribution in [0.15, 0.2) is 41.3 Å². The van der Waals surface area contributed by atoms with Crippen molar-refractivity contribution in [2.75, 3.05) is 18.5 Å². The van der Waals surface area contributed by atoms with E-state index in [2.05, 4.69) is 25.4 Å². The molecule has 0 bridgehead atoms. The van der Waals surface area contributed by atoms with Crippen LogP contribution in [0.25, 0.3) is 17.0 Å². The molecule has 1 aromatic carbocycles. The molecule has 154 valence electrons. The normalized spacial score (nSPS) is 11.2. The Kier molecular flexibility index (Phi) is 5.50. The quantitative estimate of drug-likeness (QED) is 0.445. The number of anilines is 1. The van der Waals surface area contributed by atoms with Gasteiger partial charge in [-0.2, -0.15) is 4.98 Å². The van der Waals surface area contributed by atoms with Crippen LogP contribution < -0.4 is 5.32 Å². The number of nitrogens with zero attached hydrogens (tertiary/aromatic N) is 5. The van der Waals surface area contributed by atoms with Gasteiger partial charge in [0.25, 0.3) is 5.91 Å². The van der Waals surface area contributed by atoms with Crippen molar-refractivity contribution in [2.24, 2.45) is 0 Å². The first-order valence-corrected chi connectivity index (χ1v) is 9.28. The molecule has 3 heterocycles. The number of amides is 1. The summed E-state index contributed by atoms with van der Waals surface area (Å²) in [6, 6.07) is 7.29. The predicted molar refractivity (Wildman–Crippen MR) is 107 cm³/mol. The molecule has 10 nitrogen and oxygen atoms in total. The van der Waals surface area contributed by atoms with Crippen molar-refractivity contribution in [2.45, 2.75) is 20.5 Å². The molecule has 0 atom stereocenters. The molecular formula is C20H20N6O4. The second-order valence-corrected chi connectivity index (χ2v) is 6.65. The van der Waals surface area contributed by atoms with E-state index >= 15 is 0 Å². The highest BCUT2D eigenvalue weighted by molar-refractivity contribution is 6.04. The summed E-state index contributed by atoms with van der Waals surface area (Å²) in [5.41, 5.74) is 3.85. The molecule has 0 saturated carbocycles. The topological polar surface area (TPSA) is 128 Å². The first-order valence-electron chi connectivity index (χ1n) is 9.28. The highest BCUT2D eigenvalue weighted by atomic mass is 16.5. The predicted octanol–water partition coefficient (Wildman–Crippen LogP) is 2.16. The number of aliphatic hydroxyl groups is 1. The molecule has 3 aromatic heterocycles. The minimum absolute atomic E-state index is 0.0527. The van der Waals surface area contributed by atoms with Gasteiger partial charge in [0.2, 0.25) is 11.7 Å². The number of imidazole rings is 1. The zero-order valence-corrected chi connectivity index (χ0v) is 16.5. The summed E-state index contributed by atoms with van der Waals surface area (Å²) in [5.74, 6) is 0.603. The van der Waals surface area contributed by atoms with Gasteiger partial charge in [-0.1, -0.05) is 17.3 Å². The van der Waals surface area contributed by atoms with Crippen LogP contribution in [0, 0.1) is 13.8 Å². The van der Waals surface area contributed by atoms with Crippen LogP contribution in [0.4, 0.5) is 5.69 Å². The number of fused-ring (bicyclic) bond motifs is 1. The van der Waals surface area contributed by atoms with Gasteiger partial charge in [0.15, 0.2) is 0 Å². The maximum absolute atomic E-state index is 12.9. The molecule has 0 fully saturated rings. The number of rotatable bonds is 7. The average Bonchev–Trinajstić information content (AvgIpc) is 3.36. The molecule has 0 unspecified atom stereocenters. The highest BCUT2D eigenvalue weighted by Gasteiger charge is 2.15. The van der Waals surface area contributed by atoms with Gasteiger partial charge in [0.05, 0.1) is 31.7 Å². The van der Waals surface area contributed by atoms with E-state index in [1.165, 1.54) is 12.5 Å². The molecular weight excluding hydrogens is 388 g/mol. The van der Waals surface area contributed by atoms with Crippen molar-refractivity contribution in [1.82, 2.24) is 24.5 Å². The standard InChI is InChI=1S/C20H20N6O4/c1-12-3-4-14(19-23-13(2)30-25-19)7-16(12)24-20(28)17-9-21-18-8-15(10-29-6-5-27)22-11-26(17)18/h3-4,7-9,11,27H,5-6,10H2,1-2H3,(H,24,28). The fraction of sp³-hybridized carbons (Fsp3) is 0.250. The van der Waals surface area contributed by atoms with Gasteiger partial charge in [0.1, 0.15) is 17.7 Å². The zero-order valence-electron chi connectivity index (χ0n) is 16.5. The Morgan fingerprint density at radius 1 is 1.27 bits per heavy atom. The molecule has 10 heteroatoms. The summed E-state index contributed by atoms with van der Waals surface area (Å²) in [6.07, 6.45) is 3.02. The number of hydrogen-bond donors (Lipinski definition) is 2. The second-order valence-electron chi connectivity index (χ2n) is 6.65. The second kappa shape index (κ2) is 8.39. The minimum Gasteiger partial charge on any atom is -0.394 e. The van der Waals surface area contributed by atoms with E-state index in [9.17, 15) is 4.79 Å². The zero-order chi connectivity index (χ0) is 21.1. The summed E-state index contributed by atoms with van der Waals surface area (Å²) < 4.78 is 11.9. The van der Waals surface area contributed by atoms with E-state index in [4.69, 9.17) is 14.4 Å². The smallest absolute Gasteiger partial charge is 0.274 e. The molecule has 1 amide bonds. The maximum atomic E-state index is 12.9. The number of aliphatic hydroxyl groups excluding tert-OH is 1. The number of aryl methyl sites for hydroxylation is 2. The van der Waals surface area contributed by atoms with Crippen LogP contribution in [-0.2, 0) is 11.3 Å². The lowest BCUT2D eigenvalue weighted by molar-refractivity contribution is 0.0797. The summed E-state index contributed by atoms with van der Waals surface area (Å²) in [7, 11) is 0. The first kappa shape index (κ1) is 19.7. The number of nitrogens with one attached hydrogen (secondary N) is 1. The van der Waals surface area contributed by atoms with Crippen LogP contribution in [0.2, 0.25) is 0 Å². The van der Waals surface area contributed by atoms with E-state index in [0.29, 0.717) is 34.4 Å². The molecule has 0 saturated heterocycles. The molecule has 0 aliphatic carbocycles. The highest BCUT2D eigenvalue weighted by Crippen LogP contribution is 2.24. The fourth-order valence-electron chi connectivity index (χ4n) is 2.91. The lowest BCUT2D eigenvalue weighted by atomic mass is 10.1. The first-order chi connectivity index (χ1) is 14.5. The third-order valence-electron chi connectivity index (χ3n) is 4.45. The van der Waals surface area contributed by atoms with Gasteiger partial charge in [-0.15, -0.1) is 0 Å².